The van der Waals surface area contributed by atoms with E-state index < -0.39 is 10.0 Å². The smallest absolute Gasteiger partial charge is 0.240 e. The van der Waals surface area contributed by atoms with Crippen LogP contribution in [-0.4, -0.2) is 26.7 Å². The number of carbonyl (C=O) groups is 2. The molecular weight excluding hydrogens is 340 g/mol. The molecule has 132 valence electrons. The zero-order valence-corrected chi connectivity index (χ0v) is 14.9. The van der Waals surface area contributed by atoms with Gasteiger partial charge in [-0.15, -0.1) is 0 Å². The van der Waals surface area contributed by atoms with E-state index in [0.29, 0.717) is 11.3 Å². The van der Waals surface area contributed by atoms with E-state index in [1.165, 1.54) is 31.2 Å². The monoisotopic (exact) mass is 360 g/mol. The van der Waals surface area contributed by atoms with Crippen molar-refractivity contribution in [2.75, 3.05) is 11.9 Å². The average molecular weight is 360 g/mol. The van der Waals surface area contributed by atoms with Gasteiger partial charge in [0.15, 0.2) is 5.78 Å². The minimum atomic E-state index is -3.72. The van der Waals surface area contributed by atoms with Crippen LogP contribution in [0.2, 0.25) is 0 Å². The molecule has 0 aliphatic rings. The highest BCUT2D eigenvalue weighted by molar-refractivity contribution is 7.89. The number of carbonyl (C=O) groups excluding carboxylic acids is 2. The van der Waals surface area contributed by atoms with Gasteiger partial charge >= 0.3 is 0 Å². The third-order valence-electron chi connectivity index (χ3n) is 3.55. The van der Waals surface area contributed by atoms with Crippen molar-refractivity contribution in [3.63, 3.8) is 0 Å². The highest BCUT2D eigenvalue weighted by atomic mass is 32.2. The predicted molar refractivity (Wildman–Crippen MR) is 96.1 cm³/mol. The van der Waals surface area contributed by atoms with Gasteiger partial charge < -0.3 is 5.32 Å². The van der Waals surface area contributed by atoms with Gasteiger partial charge in [-0.1, -0.05) is 29.8 Å². The number of Topliss-reactive ketones (excluding diaryl/α,β-unsaturated/α-hetero) is 1. The topological polar surface area (TPSA) is 92.3 Å². The number of hydrogen-bond acceptors (Lipinski definition) is 4. The summed E-state index contributed by atoms with van der Waals surface area (Å²) in [6, 6.07) is 13.0. The summed E-state index contributed by atoms with van der Waals surface area (Å²) in [6.07, 6.45) is 0.0125. The summed E-state index contributed by atoms with van der Waals surface area (Å²) in [5.74, 6) is -0.414. The van der Waals surface area contributed by atoms with E-state index in [-0.39, 0.29) is 29.6 Å². The Hall–Kier alpha value is -2.51. The highest BCUT2D eigenvalue weighted by Gasteiger charge is 2.14. The highest BCUT2D eigenvalue weighted by Crippen LogP contribution is 2.11. The number of anilines is 1. The molecule has 0 saturated heterocycles. The van der Waals surface area contributed by atoms with Gasteiger partial charge in [0.1, 0.15) is 0 Å². The first kappa shape index (κ1) is 18.8. The largest absolute Gasteiger partial charge is 0.326 e. The van der Waals surface area contributed by atoms with Crippen LogP contribution in [-0.2, 0) is 14.8 Å². The van der Waals surface area contributed by atoms with Crippen LogP contribution in [0.25, 0.3) is 0 Å². The SMILES string of the molecule is CC(=O)c1ccc(S(=O)(=O)NCCC(=O)Nc2ccc(C)cc2)cc1. The van der Waals surface area contributed by atoms with Crippen LogP contribution in [0, 0.1) is 6.92 Å². The number of benzene rings is 2. The van der Waals surface area contributed by atoms with Crippen LogP contribution in [0.1, 0.15) is 29.3 Å². The van der Waals surface area contributed by atoms with Gasteiger partial charge in [0.25, 0.3) is 0 Å². The number of sulfonamides is 1. The fourth-order valence-electron chi connectivity index (χ4n) is 2.11. The van der Waals surface area contributed by atoms with E-state index in [0.717, 1.165) is 5.56 Å². The molecule has 2 aromatic rings. The molecule has 6 nitrogen and oxygen atoms in total. The Morgan fingerprint density at radius 2 is 1.56 bits per heavy atom. The van der Waals surface area contributed by atoms with Crippen molar-refractivity contribution in [1.29, 1.82) is 0 Å². The van der Waals surface area contributed by atoms with E-state index in [1.54, 1.807) is 12.1 Å². The molecule has 2 aromatic carbocycles. The molecule has 0 aliphatic heterocycles. The van der Waals surface area contributed by atoms with E-state index in [2.05, 4.69) is 10.0 Å². The van der Waals surface area contributed by atoms with Crippen LogP contribution < -0.4 is 10.0 Å². The van der Waals surface area contributed by atoms with E-state index in [4.69, 9.17) is 0 Å². The lowest BCUT2D eigenvalue weighted by molar-refractivity contribution is -0.116. The second kappa shape index (κ2) is 8.04. The Bertz CT molecular complexity index is 857. The Morgan fingerprint density at radius 3 is 2.12 bits per heavy atom. The molecule has 0 bridgehead atoms. The summed E-state index contributed by atoms with van der Waals surface area (Å²) < 4.78 is 26.7. The van der Waals surface area contributed by atoms with Crippen molar-refractivity contribution in [2.24, 2.45) is 0 Å². The first-order valence-electron chi connectivity index (χ1n) is 7.75. The van der Waals surface area contributed by atoms with Gasteiger partial charge in [-0.05, 0) is 38.1 Å². The summed E-state index contributed by atoms with van der Waals surface area (Å²) in [5.41, 5.74) is 2.19. The summed E-state index contributed by atoms with van der Waals surface area (Å²) in [4.78, 5) is 23.1. The zero-order valence-electron chi connectivity index (χ0n) is 14.1. The van der Waals surface area contributed by atoms with Crippen molar-refractivity contribution in [3.05, 3.63) is 59.7 Å². The maximum absolute atomic E-state index is 12.2. The third kappa shape index (κ3) is 5.51. The molecule has 0 aromatic heterocycles. The molecule has 1 amide bonds. The Labute approximate surface area is 147 Å². The summed E-state index contributed by atoms with van der Waals surface area (Å²) >= 11 is 0. The summed E-state index contributed by atoms with van der Waals surface area (Å²) in [6.45, 7) is 3.34. The number of nitrogens with one attached hydrogen (secondary N) is 2. The molecule has 7 heteroatoms. The van der Waals surface area contributed by atoms with Gasteiger partial charge in [0, 0.05) is 24.2 Å². The molecular formula is C18H20N2O4S. The Balaban J connectivity index is 1.88. The molecule has 0 unspecified atom stereocenters. The van der Waals surface area contributed by atoms with Crippen LogP contribution in [0.4, 0.5) is 5.69 Å². The first-order chi connectivity index (χ1) is 11.8. The van der Waals surface area contributed by atoms with Gasteiger partial charge in [0.2, 0.25) is 15.9 Å². The van der Waals surface area contributed by atoms with Gasteiger partial charge in [-0.3, -0.25) is 9.59 Å². The maximum Gasteiger partial charge on any atom is 0.240 e. The number of aryl methyl sites for hydroxylation is 1. The van der Waals surface area contributed by atoms with E-state index >= 15 is 0 Å². The van der Waals surface area contributed by atoms with Gasteiger partial charge in [-0.25, -0.2) is 13.1 Å². The lowest BCUT2D eigenvalue weighted by Gasteiger charge is -2.08. The van der Waals surface area contributed by atoms with Crippen molar-refractivity contribution in [1.82, 2.24) is 4.72 Å². The third-order valence-corrected chi connectivity index (χ3v) is 5.03. The molecule has 2 N–H and O–H groups in total. The van der Waals surface area contributed by atoms with Crippen molar-refractivity contribution < 1.29 is 18.0 Å². The van der Waals surface area contributed by atoms with Crippen molar-refractivity contribution >= 4 is 27.4 Å². The average Bonchev–Trinajstić information content (AvgIpc) is 2.57. The number of amides is 1. The second-order valence-corrected chi connectivity index (χ2v) is 7.41. The minimum Gasteiger partial charge on any atom is -0.326 e. The molecule has 0 spiro atoms. The van der Waals surface area contributed by atoms with Gasteiger partial charge in [-0.2, -0.15) is 0 Å². The predicted octanol–water partition coefficient (Wildman–Crippen LogP) is 2.50. The molecule has 0 atom stereocenters. The lowest BCUT2D eigenvalue weighted by Crippen LogP contribution is -2.27. The van der Waals surface area contributed by atoms with Crippen LogP contribution >= 0.6 is 0 Å². The molecule has 0 fully saturated rings. The molecule has 0 saturated carbocycles. The molecule has 0 heterocycles. The van der Waals surface area contributed by atoms with Crippen molar-refractivity contribution in [3.8, 4) is 0 Å². The molecule has 25 heavy (non-hydrogen) atoms. The first-order valence-corrected chi connectivity index (χ1v) is 9.23. The Morgan fingerprint density at radius 1 is 0.960 bits per heavy atom. The number of ketones is 1. The van der Waals surface area contributed by atoms with Crippen molar-refractivity contribution in [2.45, 2.75) is 25.2 Å². The summed E-state index contributed by atoms with van der Waals surface area (Å²) in [7, 11) is -3.72. The fraction of sp³-hybridized carbons (Fsp3) is 0.222. The number of hydrogen-bond donors (Lipinski definition) is 2. The van der Waals surface area contributed by atoms with Crippen LogP contribution in [0.5, 0.6) is 0 Å². The molecule has 2 rings (SSSR count). The summed E-state index contributed by atoms with van der Waals surface area (Å²) in [5, 5.41) is 2.70. The van der Waals surface area contributed by atoms with E-state index in [9.17, 15) is 18.0 Å². The molecule has 0 aliphatic carbocycles. The standard InChI is InChI=1S/C18H20N2O4S/c1-13-3-7-16(8-4-13)20-18(22)11-12-19-25(23,24)17-9-5-15(6-10-17)14(2)21/h3-10,19H,11-12H2,1-2H3,(H,20,22). The fourth-order valence-corrected chi connectivity index (χ4v) is 3.14. The Kier molecular flexibility index (Phi) is 6.06. The maximum atomic E-state index is 12.2. The van der Waals surface area contributed by atoms with Crippen LogP contribution in [0.15, 0.2) is 53.4 Å². The minimum absolute atomic E-state index is 0.0125. The number of rotatable bonds is 7. The van der Waals surface area contributed by atoms with Crippen LogP contribution in [0.3, 0.4) is 0 Å². The van der Waals surface area contributed by atoms with E-state index in [1.807, 2.05) is 19.1 Å². The quantitative estimate of drug-likeness (QED) is 0.742. The zero-order chi connectivity index (χ0) is 18.4. The second-order valence-electron chi connectivity index (χ2n) is 5.64. The van der Waals surface area contributed by atoms with Gasteiger partial charge in [0.05, 0.1) is 4.90 Å². The lowest BCUT2D eigenvalue weighted by atomic mass is 10.2. The normalized spacial score (nSPS) is 11.1. The molecule has 0 radical (unpaired) electrons.